The molecule has 4 nitrogen and oxygen atoms in total. The van der Waals surface area contributed by atoms with Crippen LogP contribution < -0.4 is 4.72 Å². The molecule has 0 unspecified atom stereocenters. The molecule has 0 spiro atoms. The van der Waals surface area contributed by atoms with E-state index in [0.717, 1.165) is 10.4 Å². The van der Waals surface area contributed by atoms with Crippen molar-refractivity contribution >= 4 is 21.4 Å². The molecule has 1 aromatic rings. The number of hydrogen-bond acceptors (Lipinski definition) is 4. The van der Waals surface area contributed by atoms with E-state index in [4.69, 9.17) is 4.74 Å². The first-order chi connectivity index (χ1) is 8.30. The minimum Gasteiger partial charge on any atom is -0.378 e. The zero-order valence-corrected chi connectivity index (χ0v) is 13.0. The lowest BCUT2D eigenvalue weighted by Gasteiger charge is -2.09. The van der Waals surface area contributed by atoms with Gasteiger partial charge < -0.3 is 4.74 Å². The van der Waals surface area contributed by atoms with Gasteiger partial charge in [-0.3, -0.25) is 0 Å². The average Bonchev–Trinajstić information content (AvgIpc) is 2.53. The van der Waals surface area contributed by atoms with E-state index < -0.39 is 10.0 Å². The lowest BCUT2D eigenvalue weighted by molar-refractivity contribution is 0.0911. The van der Waals surface area contributed by atoms with Crippen molar-refractivity contribution in [3.8, 4) is 0 Å². The average molecular weight is 291 g/mol. The molecule has 0 saturated heterocycles. The molecule has 0 fully saturated rings. The number of aryl methyl sites for hydroxylation is 2. The molecule has 0 amide bonds. The van der Waals surface area contributed by atoms with Crippen LogP contribution in [0.3, 0.4) is 0 Å². The van der Waals surface area contributed by atoms with Crippen molar-refractivity contribution in [3.05, 3.63) is 21.4 Å². The van der Waals surface area contributed by atoms with Crippen molar-refractivity contribution < 1.29 is 13.2 Å². The summed E-state index contributed by atoms with van der Waals surface area (Å²) in [6.07, 6.45) is 0.0574. The fourth-order valence-corrected chi connectivity index (χ4v) is 3.29. The first-order valence-corrected chi connectivity index (χ1v) is 8.42. The molecule has 6 heteroatoms. The van der Waals surface area contributed by atoms with Crippen molar-refractivity contribution in [1.29, 1.82) is 0 Å². The van der Waals surface area contributed by atoms with Crippen LogP contribution in [-0.2, 0) is 21.3 Å². The van der Waals surface area contributed by atoms with Gasteiger partial charge in [-0.05, 0) is 39.3 Å². The molecule has 0 aliphatic rings. The zero-order valence-electron chi connectivity index (χ0n) is 11.3. The molecular formula is C12H21NO3S2. The SMILES string of the molecule is Cc1cc(CNS(=O)(=O)CCOC(C)C)c(C)s1. The van der Waals surface area contributed by atoms with Crippen LogP contribution in [0, 0.1) is 13.8 Å². The van der Waals surface area contributed by atoms with Crippen LogP contribution in [0.5, 0.6) is 0 Å². The van der Waals surface area contributed by atoms with E-state index >= 15 is 0 Å². The minimum absolute atomic E-state index is 0.00729. The second kappa shape index (κ2) is 6.65. The summed E-state index contributed by atoms with van der Waals surface area (Å²) < 4.78 is 31.3. The first kappa shape index (κ1) is 15.6. The van der Waals surface area contributed by atoms with E-state index in [2.05, 4.69) is 4.72 Å². The number of thiophene rings is 1. The second-order valence-corrected chi connectivity index (χ2v) is 7.88. The van der Waals surface area contributed by atoms with Crippen molar-refractivity contribution in [2.45, 2.75) is 40.3 Å². The molecule has 0 aromatic carbocycles. The standard InChI is InChI=1S/C12H21NO3S2/c1-9(2)16-5-6-18(14,15)13-8-12-7-10(3)17-11(12)4/h7,9,13H,5-6,8H2,1-4H3. The maximum absolute atomic E-state index is 11.7. The highest BCUT2D eigenvalue weighted by Crippen LogP contribution is 2.20. The summed E-state index contributed by atoms with van der Waals surface area (Å²) in [5.74, 6) is 0.00729. The molecular weight excluding hydrogens is 270 g/mol. The number of ether oxygens (including phenoxy) is 1. The Bertz CT molecular complexity index is 478. The quantitative estimate of drug-likeness (QED) is 0.838. The van der Waals surface area contributed by atoms with Gasteiger partial charge in [0, 0.05) is 16.3 Å². The first-order valence-electron chi connectivity index (χ1n) is 5.95. The Kier molecular flexibility index (Phi) is 5.78. The Balaban J connectivity index is 2.44. The fourth-order valence-electron chi connectivity index (χ4n) is 1.51. The minimum atomic E-state index is -3.25. The molecule has 1 heterocycles. The van der Waals surface area contributed by atoms with E-state index in [1.807, 2.05) is 33.8 Å². The van der Waals surface area contributed by atoms with E-state index in [9.17, 15) is 8.42 Å². The van der Waals surface area contributed by atoms with E-state index in [1.165, 1.54) is 4.88 Å². The number of hydrogen-bond donors (Lipinski definition) is 1. The van der Waals surface area contributed by atoms with E-state index in [0.29, 0.717) is 6.54 Å². The number of nitrogens with one attached hydrogen (secondary N) is 1. The summed E-state index contributed by atoms with van der Waals surface area (Å²) in [6, 6.07) is 2.02. The van der Waals surface area contributed by atoms with Crippen LogP contribution in [0.2, 0.25) is 0 Å². The molecule has 104 valence electrons. The van der Waals surface area contributed by atoms with Gasteiger partial charge in [-0.2, -0.15) is 0 Å². The van der Waals surface area contributed by atoms with Crippen LogP contribution in [0.4, 0.5) is 0 Å². The normalized spacial score (nSPS) is 12.3. The van der Waals surface area contributed by atoms with E-state index in [-0.39, 0.29) is 18.5 Å². The summed E-state index contributed by atoms with van der Waals surface area (Å²) in [4.78, 5) is 2.36. The summed E-state index contributed by atoms with van der Waals surface area (Å²) in [7, 11) is -3.25. The van der Waals surface area contributed by atoms with Gasteiger partial charge in [-0.25, -0.2) is 13.1 Å². The molecule has 0 aliphatic heterocycles. The Hall–Kier alpha value is -0.430. The van der Waals surface area contributed by atoms with E-state index in [1.54, 1.807) is 11.3 Å². The van der Waals surface area contributed by atoms with Gasteiger partial charge in [-0.15, -0.1) is 11.3 Å². The third kappa shape index (κ3) is 5.48. The Morgan fingerprint density at radius 3 is 2.56 bits per heavy atom. The topological polar surface area (TPSA) is 55.4 Å². The van der Waals surface area contributed by atoms with Crippen molar-refractivity contribution in [3.63, 3.8) is 0 Å². The van der Waals surface area contributed by atoms with Gasteiger partial charge in [0.1, 0.15) is 0 Å². The lowest BCUT2D eigenvalue weighted by atomic mass is 10.2. The monoisotopic (exact) mass is 291 g/mol. The van der Waals surface area contributed by atoms with Crippen LogP contribution in [0.1, 0.15) is 29.2 Å². The molecule has 18 heavy (non-hydrogen) atoms. The highest BCUT2D eigenvalue weighted by molar-refractivity contribution is 7.89. The Labute approximate surface area is 113 Å². The van der Waals surface area contributed by atoms with Crippen LogP contribution in [0.15, 0.2) is 6.07 Å². The molecule has 1 N–H and O–H groups in total. The maximum atomic E-state index is 11.7. The largest absolute Gasteiger partial charge is 0.378 e. The molecule has 0 saturated carbocycles. The summed E-state index contributed by atoms with van der Waals surface area (Å²) in [6.45, 7) is 8.39. The molecule has 1 rings (SSSR count). The molecule has 1 aromatic heterocycles. The third-order valence-electron chi connectivity index (χ3n) is 2.43. The highest BCUT2D eigenvalue weighted by atomic mass is 32.2. The van der Waals surface area contributed by atoms with Gasteiger partial charge in [-0.1, -0.05) is 0 Å². The van der Waals surface area contributed by atoms with Gasteiger partial charge in [0.15, 0.2) is 0 Å². The van der Waals surface area contributed by atoms with Gasteiger partial charge in [0.05, 0.1) is 18.5 Å². The fraction of sp³-hybridized carbons (Fsp3) is 0.667. The summed E-state index contributed by atoms with van der Waals surface area (Å²) >= 11 is 1.68. The number of sulfonamides is 1. The predicted octanol–water partition coefficient (Wildman–Crippen LogP) is 2.21. The number of rotatable bonds is 7. The Morgan fingerprint density at radius 1 is 1.39 bits per heavy atom. The lowest BCUT2D eigenvalue weighted by Crippen LogP contribution is -2.28. The van der Waals surface area contributed by atoms with Crippen molar-refractivity contribution in [2.75, 3.05) is 12.4 Å². The smallest absolute Gasteiger partial charge is 0.214 e. The summed E-state index contributed by atoms with van der Waals surface area (Å²) in [5, 5.41) is 0. The van der Waals surface area contributed by atoms with Crippen molar-refractivity contribution in [1.82, 2.24) is 4.72 Å². The molecule has 0 atom stereocenters. The third-order valence-corrected chi connectivity index (χ3v) is 4.73. The molecule has 0 aliphatic carbocycles. The Morgan fingerprint density at radius 2 is 2.06 bits per heavy atom. The van der Waals surface area contributed by atoms with Crippen LogP contribution in [-0.4, -0.2) is 26.9 Å². The van der Waals surface area contributed by atoms with Gasteiger partial charge in [0.25, 0.3) is 0 Å². The maximum Gasteiger partial charge on any atom is 0.214 e. The summed E-state index contributed by atoms with van der Waals surface area (Å²) in [5.41, 5.74) is 1.05. The van der Waals surface area contributed by atoms with Crippen LogP contribution >= 0.6 is 11.3 Å². The molecule has 0 bridgehead atoms. The van der Waals surface area contributed by atoms with Crippen molar-refractivity contribution in [2.24, 2.45) is 0 Å². The molecule has 0 radical (unpaired) electrons. The zero-order chi connectivity index (χ0) is 13.8. The van der Waals surface area contributed by atoms with Crippen LogP contribution in [0.25, 0.3) is 0 Å². The van der Waals surface area contributed by atoms with Gasteiger partial charge >= 0.3 is 0 Å². The highest BCUT2D eigenvalue weighted by Gasteiger charge is 2.12. The van der Waals surface area contributed by atoms with Gasteiger partial charge in [0.2, 0.25) is 10.0 Å². The second-order valence-electron chi connectivity index (χ2n) is 4.50. The predicted molar refractivity (Wildman–Crippen MR) is 75.5 cm³/mol.